The molecule has 0 aliphatic rings. The van der Waals surface area contributed by atoms with Crippen LogP contribution in [0.2, 0.25) is 0 Å². The fraction of sp³-hybridized carbons (Fsp3) is 0.125. The van der Waals surface area contributed by atoms with Crippen molar-refractivity contribution in [2.45, 2.75) is 13.8 Å². The van der Waals surface area contributed by atoms with Crippen LogP contribution in [0.5, 0.6) is 0 Å². The minimum Gasteiger partial charge on any atom is -0.277 e. The molecule has 0 spiro atoms. The average molecular weight is 292 g/mol. The molecule has 0 saturated heterocycles. The number of H-pyrrole nitrogens is 1. The van der Waals surface area contributed by atoms with Crippen LogP contribution >= 0.6 is 0 Å². The lowest BCUT2D eigenvalue weighted by atomic mass is 10.1. The fourth-order valence-corrected chi connectivity index (χ4v) is 2.16. The van der Waals surface area contributed by atoms with E-state index in [1.807, 2.05) is 50.2 Å². The molecule has 6 nitrogen and oxygen atoms in total. The topological polar surface area (TPSA) is 78.9 Å². The van der Waals surface area contributed by atoms with E-state index in [1.54, 1.807) is 12.4 Å². The Morgan fingerprint density at radius 2 is 1.82 bits per heavy atom. The number of aromatic nitrogens is 4. The first kappa shape index (κ1) is 13.9. The Bertz CT molecular complexity index is 771. The Balaban J connectivity index is 1.78. The molecule has 3 aromatic rings. The SMILES string of the molecule is Cc1cc(C)nc(N/N=C/c2cn[nH]c2-c2ccccc2)n1. The predicted molar refractivity (Wildman–Crippen MR) is 86.7 cm³/mol. The molecule has 1 aromatic carbocycles. The van der Waals surface area contributed by atoms with Crippen molar-refractivity contribution in [1.82, 2.24) is 20.2 Å². The van der Waals surface area contributed by atoms with Crippen molar-refractivity contribution < 1.29 is 0 Å². The molecule has 0 amide bonds. The standard InChI is InChI=1S/C16H16N6/c1-11-8-12(2)20-16(19-11)22-18-10-14-9-17-21-15(14)13-6-4-3-5-7-13/h3-10H,1-2H3,(H,17,21)(H,19,20,22)/b18-10+. The number of aryl methyl sites for hydroxylation is 2. The van der Waals surface area contributed by atoms with E-state index in [1.165, 1.54) is 0 Å². The van der Waals surface area contributed by atoms with Gasteiger partial charge in [-0.25, -0.2) is 15.4 Å². The summed E-state index contributed by atoms with van der Waals surface area (Å²) < 4.78 is 0. The Hall–Kier alpha value is -3.02. The molecule has 0 saturated carbocycles. The Labute approximate surface area is 128 Å². The molecule has 6 heteroatoms. The van der Waals surface area contributed by atoms with Crippen molar-refractivity contribution in [3.05, 3.63) is 59.5 Å². The largest absolute Gasteiger partial charge is 0.277 e. The van der Waals surface area contributed by atoms with Crippen LogP contribution in [0.4, 0.5) is 5.95 Å². The summed E-state index contributed by atoms with van der Waals surface area (Å²) in [6.45, 7) is 3.85. The van der Waals surface area contributed by atoms with Gasteiger partial charge in [0.15, 0.2) is 0 Å². The Morgan fingerprint density at radius 3 is 2.55 bits per heavy atom. The van der Waals surface area contributed by atoms with Gasteiger partial charge in [-0.05, 0) is 19.9 Å². The molecule has 0 aliphatic heterocycles. The first-order valence-electron chi connectivity index (χ1n) is 6.92. The Kier molecular flexibility index (Phi) is 3.91. The molecule has 3 rings (SSSR count). The first-order valence-corrected chi connectivity index (χ1v) is 6.92. The second kappa shape index (κ2) is 6.17. The van der Waals surface area contributed by atoms with Crippen LogP contribution in [0.1, 0.15) is 17.0 Å². The van der Waals surface area contributed by atoms with Gasteiger partial charge in [0.2, 0.25) is 5.95 Å². The molecule has 110 valence electrons. The molecule has 2 N–H and O–H groups in total. The normalized spacial score (nSPS) is 11.0. The highest BCUT2D eigenvalue weighted by molar-refractivity contribution is 5.88. The second-order valence-electron chi connectivity index (χ2n) is 4.91. The van der Waals surface area contributed by atoms with E-state index in [-0.39, 0.29) is 0 Å². The first-order chi connectivity index (χ1) is 10.7. The maximum atomic E-state index is 4.27. The molecule has 0 atom stereocenters. The summed E-state index contributed by atoms with van der Waals surface area (Å²) in [5.74, 6) is 0.485. The van der Waals surface area contributed by atoms with E-state index in [2.05, 4.69) is 30.7 Å². The van der Waals surface area contributed by atoms with Gasteiger partial charge in [-0.3, -0.25) is 5.10 Å². The summed E-state index contributed by atoms with van der Waals surface area (Å²) in [7, 11) is 0. The third-order valence-electron chi connectivity index (χ3n) is 3.08. The van der Waals surface area contributed by atoms with Gasteiger partial charge in [-0.1, -0.05) is 30.3 Å². The number of aromatic amines is 1. The molecular formula is C16H16N6. The fourth-order valence-electron chi connectivity index (χ4n) is 2.16. The minimum atomic E-state index is 0.485. The van der Waals surface area contributed by atoms with E-state index in [0.717, 1.165) is 28.2 Å². The van der Waals surface area contributed by atoms with Gasteiger partial charge < -0.3 is 0 Å². The summed E-state index contributed by atoms with van der Waals surface area (Å²) >= 11 is 0. The van der Waals surface area contributed by atoms with Gasteiger partial charge in [-0.2, -0.15) is 10.2 Å². The van der Waals surface area contributed by atoms with Crippen molar-refractivity contribution >= 4 is 12.2 Å². The lowest BCUT2D eigenvalue weighted by Gasteiger charge is -2.02. The zero-order valence-corrected chi connectivity index (χ0v) is 12.4. The van der Waals surface area contributed by atoms with Crippen LogP contribution in [0.25, 0.3) is 11.3 Å². The Morgan fingerprint density at radius 1 is 1.09 bits per heavy atom. The lowest BCUT2D eigenvalue weighted by molar-refractivity contribution is 1.04. The van der Waals surface area contributed by atoms with Gasteiger partial charge in [-0.15, -0.1) is 0 Å². The third kappa shape index (κ3) is 3.17. The number of rotatable bonds is 4. The lowest BCUT2D eigenvalue weighted by Crippen LogP contribution is -1.99. The van der Waals surface area contributed by atoms with E-state index >= 15 is 0 Å². The maximum absolute atomic E-state index is 4.27. The monoisotopic (exact) mass is 292 g/mol. The van der Waals surface area contributed by atoms with Crippen LogP contribution in [0.3, 0.4) is 0 Å². The van der Waals surface area contributed by atoms with Gasteiger partial charge in [0.1, 0.15) is 0 Å². The molecule has 22 heavy (non-hydrogen) atoms. The molecule has 0 bridgehead atoms. The molecular weight excluding hydrogens is 276 g/mol. The zero-order valence-electron chi connectivity index (χ0n) is 12.4. The molecule has 0 radical (unpaired) electrons. The number of benzene rings is 1. The highest BCUT2D eigenvalue weighted by Crippen LogP contribution is 2.19. The van der Waals surface area contributed by atoms with E-state index in [9.17, 15) is 0 Å². The number of anilines is 1. The average Bonchev–Trinajstić information content (AvgIpc) is 2.96. The molecule has 0 aliphatic carbocycles. The van der Waals surface area contributed by atoms with Crippen LogP contribution in [-0.4, -0.2) is 26.4 Å². The van der Waals surface area contributed by atoms with Crippen LogP contribution in [0.15, 0.2) is 47.7 Å². The number of hydrazone groups is 1. The van der Waals surface area contributed by atoms with Crippen molar-refractivity contribution in [2.24, 2.45) is 5.10 Å². The van der Waals surface area contributed by atoms with Crippen molar-refractivity contribution in [1.29, 1.82) is 0 Å². The van der Waals surface area contributed by atoms with Crippen LogP contribution in [-0.2, 0) is 0 Å². The quantitative estimate of drug-likeness (QED) is 0.572. The third-order valence-corrected chi connectivity index (χ3v) is 3.08. The number of hydrogen-bond donors (Lipinski definition) is 2. The number of nitrogens with zero attached hydrogens (tertiary/aromatic N) is 4. The van der Waals surface area contributed by atoms with Gasteiger partial charge in [0, 0.05) is 22.5 Å². The summed E-state index contributed by atoms with van der Waals surface area (Å²) in [6, 6.07) is 11.9. The van der Waals surface area contributed by atoms with Crippen LogP contribution < -0.4 is 5.43 Å². The number of nitrogens with one attached hydrogen (secondary N) is 2. The van der Waals surface area contributed by atoms with E-state index in [0.29, 0.717) is 5.95 Å². The summed E-state index contributed by atoms with van der Waals surface area (Å²) in [6.07, 6.45) is 3.43. The number of hydrogen-bond acceptors (Lipinski definition) is 5. The molecule has 0 unspecified atom stereocenters. The highest BCUT2D eigenvalue weighted by Gasteiger charge is 2.05. The van der Waals surface area contributed by atoms with Gasteiger partial charge >= 0.3 is 0 Å². The van der Waals surface area contributed by atoms with E-state index in [4.69, 9.17) is 0 Å². The van der Waals surface area contributed by atoms with Crippen LogP contribution in [0, 0.1) is 13.8 Å². The van der Waals surface area contributed by atoms with Crippen molar-refractivity contribution in [3.8, 4) is 11.3 Å². The highest BCUT2D eigenvalue weighted by atomic mass is 15.3. The summed E-state index contributed by atoms with van der Waals surface area (Å²) in [4.78, 5) is 8.55. The van der Waals surface area contributed by atoms with Gasteiger partial charge in [0.05, 0.1) is 18.1 Å². The molecule has 2 heterocycles. The van der Waals surface area contributed by atoms with Crippen molar-refractivity contribution in [2.75, 3.05) is 5.43 Å². The smallest absolute Gasteiger partial charge is 0.243 e. The minimum absolute atomic E-state index is 0.485. The van der Waals surface area contributed by atoms with E-state index < -0.39 is 0 Å². The van der Waals surface area contributed by atoms with Gasteiger partial charge in [0.25, 0.3) is 0 Å². The van der Waals surface area contributed by atoms with Crippen molar-refractivity contribution in [3.63, 3.8) is 0 Å². The summed E-state index contributed by atoms with van der Waals surface area (Å²) in [5.41, 5.74) is 7.53. The second-order valence-corrected chi connectivity index (χ2v) is 4.91. The zero-order chi connectivity index (χ0) is 15.4. The molecule has 0 fully saturated rings. The predicted octanol–water partition coefficient (Wildman–Crippen LogP) is 2.93. The molecule has 2 aromatic heterocycles. The summed E-state index contributed by atoms with van der Waals surface area (Å²) in [5, 5.41) is 11.3. The maximum Gasteiger partial charge on any atom is 0.243 e.